The first-order valence-electron chi connectivity index (χ1n) is 8.58. The van der Waals surface area contributed by atoms with Gasteiger partial charge in [0.1, 0.15) is 23.9 Å². The summed E-state index contributed by atoms with van der Waals surface area (Å²) in [4.78, 5) is 11.9. The summed E-state index contributed by atoms with van der Waals surface area (Å²) in [6.07, 6.45) is 2.01. The van der Waals surface area contributed by atoms with E-state index in [1.165, 1.54) is 12.1 Å². The van der Waals surface area contributed by atoms with Crippen LogP contribution in [0.15, 0.2) is 40.9 Å². The summed E-state index contributed by atoms with van der Waals surface area (Å²) >= 11 is 0. The number of amides is 1. The maximum atomic E-state index is 13.5. The van der Waals surface area contributed by atoms with Gasteiger partial charge in [0.15, 0.2) is 5.69 Å². The van der Waals surface area contributed by atoms with Crippen LogP contribution in [0, 0.1) is 12.7 Å². The number of carbonyl (C=O) groups is 1. The van der Waals surface area contributed by atoms with Gasteiger partial charge in [0.05, 0.1) is 5.56 Å². The molecule has 27 heavy (non-hydrogen) atoms. The molecule has 138 valence electrons. The first kappa shape index (κ1) is 17.1. The van der Waals surface area contributed by atoms with E-state index in [1.807, 2.05) is 0 Å². The standard InChI is InChI=1S/C19H17FN4O3/c1-11-15(18(24-27-11)12-3-2-4-13(20)9-12)10-26-17-8-7-16(22-23-17)19(25)21-14-5-6-14/h2-4,7-9,14H,5-6,10H2,1H3,(H,21,25). The second-order valence-electron chi connectivity index (χ2n) is 6.37. The van der Waals surface area contributed by atoms with Crippen LogP contribution in [0.5, 0.6) is 5.88 Å². The molecule has 2 heterocycles. The Labute approximate surface area is 154 Å². The topological polar surface area (TPSA) is 90.1 Å². The Kier molecular flexibility index (Phi) is 4.53. The van der Waals surface area contributed by atoms with Crippen molar-refractivity contribution in [3.8, 4) is 17.1 Å². The van der Waals surface area contributed by atoms with Crippen molar-refractivity contribution in [1.29, 1.82) is 0 Å². The predicted molar refractivity (Wildman–Crippen MR) is 93.5 cm³/mol. The van der Waals surface area contributed by atoms with Crippen molar-refractivity contribution in [3.63, 3.8) is 0 Å². The van der Waals surface area contributed by atoms with Gasteiger partial charge in [-0.05, 0) is 38.0 Å². The SMILES string of the molecule is Cc1onc(-c2cccc(F)c2)c1COc1ccc(C(=O)NC2CC2)nn1. The number of carbonyl (C=O) groups excluding carboxylic acids is 1. The van der Waals surface area contributed by atoms with E-state index in [2.05, 4.69) is 20.7 Å². The van der Waals surface area contributed by atoms with E-state index in [1.54, 1.807) is 31.2 Å². The van der Waals surface area contributed by atoms with Gasteiger partial charge in [0.2, 0.25) is 5.88 Å². The number of nitrogens with zero attached hydrogens (tertiary/aromatic N) is 3. The lowest BCUT2D eigenvalue weighted by molar-refractivity contribution is 0.0944. The van der Waals surface area contributed by atoms with E-state index in [9.17, 15) is 9.18 Å². The normalized spacial score (nSPS) is 13.4. The Morgan fingerprint density at radius 1 is 1.30 bits per heavy atom. The lowest BCUT2D eigenvalue weighted by Gasteiger charge is -2.06. The number of aromatic nitrogens is 3. The fraction of sp³-hybridized carbons (Fsp3) is 0.263. The second kappa shape index (κ2) is 7.14. The van der Waals surface area contributed by atoms with Gasteiger partial charge >= 0.3 is 0 Å². The third-order valence-corrected chi connectivity index (χ3v) is 4.23. The molecule has 1 aliphatic carbocycles. The Morgan fingerprint density at radius 2 is 2.15 bits per heavy atom. The van der Waals surface area contributed by atoms with E-state index in [0.29, 0.717) is 22.6 Å². The van der Waals surface area contributed by atoms with Crippen molar-refractivity contribution in [1.82, 2.24) is 20.7 Å². The van der Waals surface area contributed by atoms with E-state index in [-0.39, 0.29) is 35.9 Å². The fourth-order valence-corrected chi connectivity index (χ4v) is 2.57. The van der Waals surface area contributed by atoms with Crippen molar-refractivity contribution in [2.75, 3.05) is 0 Å². The highest BCUT2D eigenvalue weighted by Crippen LogP contribution is 2.26. The molecule has 0 unspecified atom stereocenters. The Morgan fingerprint density at radius 3 is 2.85 bits per heavy atom. The van der Waals surface area contributed by atoms with Crippen LogP contribution >= 0.6 is 0 Å². The van der Waals surface area contributed by atoms with Crippen LogP contribution in [0.4, 0.5) is 4.39 Å². The zero-order chi connectivity index (χ0) is 18.8. The second-order valence-corrected chi connectivity index (χ2v) is 6.37. The maximum absolute atomic E-state index is 13.5. The molecular formula is C19H17FN4O3. The molecule has 1 amide bonds. The minimum Gasteiger partial charge on any atom is -0.472 e. The fourth-order valence-electron chi connectivity index (χ4n) is 2.57. The Bertz CT molecular complexity index is 967. The number of benzene rings is 1. The molecule has 1 aliphatic rings. The van der Waals surface area contributed by atoms with Crippen molar-refractivity contribution in [2.45, 2.75) is 32.4 Å². The summed E-state index contributed by atoms with van der Waals surface area (Å²) in [5.41, 5.74) is 2.05. The van der Waals surface area contributed by atoms with Crippen LogP contribution in [0.25, 0.3) is 11.3 Å². The van der Waals surface area contributed by atoms with Crippen molar-refractivity contribution >= 4 is 5.91 Å². The maximum Gasteiger partial charge on any atom is 0.272 e. The summed E-state index contributed by atoms with van der Waals surface area (Å²) in [5.74, 6) is 0.247. The van der Waals surface area contributed by atoms with Crippen molar-refractivity contribution in [3.05, 3.63) is 59.2 Å². The first-order chi connectivity index (χ1) is 13.1. The summed E-state index contributed by atoms with van der Waals surface area (Å²) in [5, 5.41) is 14.7. The van der Waals surface area contributed by atoms with Crippen LogP contribution in [-0.4, -0.2) is 27.3 Å². The highest BCUT2D eigenvalue weighted by Gasteiger charge is 2.24. The molecule has 0 saturated heterocycles. The Balaban J connectivity index is 1.46. The van der Waals surface area contributed by atoms with Gasteiger partial charge in [-0.25, -0.2) is 4.39 Å². The summed E-state index contributed by atoms with van der Waals surface area (Å²) in [6.45, 7) is 1.88. The average molecular weight is 368 g/mol. The van der Waals surface area contributed by atoms with Crippen LogP contribution in [0.2, 0.25) is 0 Å². The van der Waals surface area contributed by atoms with Crippen LogP contribution in [-0.2, 0) is 6.61 Å². The molecule has 1 saturated carbocycles. The smallest absolute Gasteiger partial charge is 0.272 e. The number of hydrogen-bond donors (Lipinski definition) is 1. The molecule has 0 atom stereocenters. The molecule has 7 nitrogen and oxygen atoms in total. The van der Waals surface area contributed by atoms with Gasteiger partial charge in [-0.1, -0.05) is 17.3 Å². The number of hydrogen-bond acceptors (Lipinski definition) is 6. The van der Waals surface area contributed by atoms with Crippen LogP contribution < -0.4 is 10.1 Å². The molecule has 3 aromatic rings. The van der Waals surface area contributed by atoms with Crippen molar-refractivity contribution in [2.24, 2.45) is 0 Å². The van der Waals surface area contributed by atoms with E-state index < -0.39 is 0 Å². The largest absolute Gasteiger partial charge is 0.472 e. The molecule has 2 aromatic heterocycles. The zero-order valence-electron chi connectivity index (χ0n) is 14.6. The number of rotatable bonds is 6. The average Bonchev–Trinajstić information content (AvgIpc) is 3.41. The first-order valence-corrected chi connectivity index (χ1v) is 8.58. The molecule has 0 spiro atoms. The van der Waals surface area contributed by atoms with E-state index in [0.717, 1.165) is 12.8 Å². The molecule has 0 bridgehead atoms. The third-order valence-electron chi connectivity index (χ3n) is 4.23. The third kappa shape index (κ3) is 3.94. The molecule has 1 N–H and O–H groups in total. The van der Waals surface area contributed by atoms with Gasteiger partial charge in [-0.3, -0.25) is 4.79 Å². The molecule has 1 fully saturated rings. The van der Waals surface area contributed by atoms with Gasteiger partial charge in [0, 0.05) is 17.7 Å². The highest BCUT2D eigenvalue weighted by atomic mass is 19.1. The lowest BCUT2D eigenvalue weighted by Crippen LogP contribution is -2.26. The van der Waals surface area contributed by atoms with Crippen LogP contribution in [0.1, 0.15) is 34.7 Å². The lowest BCUT2D eigenvalue weighted by atomic mass is 10.1. The number of ether oxygens (including phenoxy) is 1. The molecule has 0 radical (unpaired) electrons. The minimum absolute atomic E-state index is 0.128. The monoisotopic (exact) mass is 368 g/mol. The Hall–Kier alpha value is -3.29. The molecular weight excluding hydrogens is 351 g/mol. The number of halogens is 1. The van der Waals surface area contributed by atoms with Gasteiger partial charge in [0.25, 0.3) is 5.91 Å². The van der Waals surface area contributed by atoms with E-state index >= 15 is 0 Å². The molecule has 8 heteroatoms. The predicted octanol–water partition coefficient (Wildman–Crippen LogP) is 3.05. The molecule has 0 aliphatic heterocycles. The van der Waals surface area contributed by atoms with Gasteiger partial charge in [-0.2, -0.15) is 0 Å². The zero-order valence-corrected chi connectivity index (χ0v) is 14.6. The van der Waals surface area contributed by atoms with Gasteiger partial charge < -0.3 is 14.6 Å². The number of aryl methyl sites for hydroxylation is 1. The summed E-state index contributed by atoms with van der Waals surface area (Å²) < 4.78 is 24.4. The molecule has 4 rings (SSSR count). The van der Waals surface area contributed by atoms with E-state index in [4.69, 9.17) is 9.26 Å². The summed E-state index contributed by atoms with van der Waals surface area (Å²) in [6, 6.07) is 9.51. The van der Waals surface area contributed by atoms with Gasteiger partial charge in [-0.15, -0.1) is 10.2 Å². The van der Waals surface area contributed by atoms with Crippen molar-refractivity contribution < 1.29 is 18.4 Å². The number of nitrogens with one attached hydrogen (secondary N) is 1. The minimum atomic E-state index is -0.356. The quantitative estimate of drug-likeness (QED) is 0.719. The summed E-state index contributed by atoms with van der Waals surface area (Å²) in [7, 11) is 0. The molecule has 1 aromatic carbocycles. The van der Waals surface area contributed by atoms with Crippen LogP contribution in [0.3, 0.4) is 0 Å². The highest BCUT2D eigenvalue weighted by molar-refractivity contribution is 5.92.